The number of halogens is 1. The number of amides is 3. The normalized spacial score (nSPS) is 15.7. The zero-order chi connectivity index (χ0) is 25.6. The average Bonchev–Trinajstić information content (AvgIpc) is 2.84. The summed E-state index contributed by atoms with van der Waals surface area (Å²) in [5.41, 5.74) is 12.0. The molecule has 1 heterocycles. The minimum atomic E-state index is -0.877. The van der Waals surface area contributed by atoms with Crippen LogP contribution in [0.15, 0.2) is 48.5 Å². The minimum absolute atomic E-state index is 0.0856. The Bertz CT molecular complexity index is 1100. The highest BCUT2D eigenvalue weighted by Gasteiger charge is 2.47. The van der Waals surface area contributed by atoms with Crippen molar-refractivity contribution in [3.63, 3.8) is 0 Å². The number of rotatable bonds is 8. The van der Waals surface area contributed by atoms with Gasteiger partial charge in [0.25, 0.3) is 0 Å². The average molecular weight is 501 g/mol. The largest absolute Gasteiger partial charge is 0.449 e. The molecule has 1 unspecified atom stereocenters. The van der Waals surface area contributed by atoms with Gasteiger partial charge in [-0.3, -0.25) is 19.7 Å². The third kappa shape index (κ3) is 6.17. The number of carbonyl (C=O) groups is 4. The van der Waals surface area contributed by atoms with E-state index in [-0.39, 0.29) is 24.8 Å². The summed E-state index contributed by atoms with van der Waals surface area (Å²) < 4.78 is 5.59. The number of likely N-dealkylation sites (tertiary alicyclic amines) is 1. The van der Waals surface area contributed by atoms with Gasteiger partial charge < -0.3 is 21.1 Å². The molecule has 0 radical (unpaired) electrons. The van der Waals surface area contributed by atoms with Crippen LogP contribution in [-0.4, -0.2) is 54.8 Å². The molecule has 1 aliphatic heterocycles. The van der Waals surface area contributed by atoms with E-state index in [1.54, 1.807) is 53.4 Å². The quantitative estimate of drug-likeness (QED) is 0.475. The van der Waals surface area contributed by atoms with Crippen molar-refractivity contribution >= 4 is 41.0 Å². The van der Waals surface area contributed by atoms with Crippen LogP contribution in [0.1, 0.15) is 41.6 Å². The van der Waals surface area contributed by atoms with Crippen molar-refractivity contribution in [2.24, 2.45) is 16.9 Å². The first-order valence-corrected chi connectivity index (χ1v) is 11.6. The first-order valence-electron chi connectivity index (χ1n) is 11.2. The third-order valence-corrected chi connectivity index (χ3v) is 6.77. The zero-order valence-corrected chi connectivity index (χ0v) is 20.2. The van der Waals surface area contributed by atoms with Gasteiger partial charge in [-0.15, -0.1) is 0 Å². The number of carbonyl (C=O) groups excluding carboxylic acids is 4. The van der Waals surface area contributed by atoms with Crippen LogP contribution in [0.3, 0.4) is 0 Å². The Morgan fingerprint density at radius 2 is 1.71 bits per heavy atom. The zero-order valence-electron chi connectivity index (χ0n) is 19.5. The monoisotopic (exact) mass is 500 g/mol. The van der Waals surface area contributed by atoms with Crippen molar-refractivity contribution in [3.05, 3.63) is 64.7 Å². The van der Waals surface area contributed by atoms with E-state index in [1.807, 2.05) is 0 Å². The predicted molar refractivity (Wildman–Crippen MR) is 132 cm³/mol. The molecule has 5 N–H and O–H groups in total. The van der Waals surface area contributed by atoms with E-state index in [1.165, 1.54) is 6.92 Å². The van der Waals surface area contributed by atoms with Crippen LogP contribution in [0.5, 0.6) is 0 Å². The smallest absolute Gasteiger partial charge is 0.411 e. The topological polar surface area (TPSA) is 145 Å². The molecule has 3 amide bonds. The van der Waals surface area contributed by atoms with Gasteiger partial charge >= 0.3 is 6.09 Å². The molecule has 9 nitrogen and oxygen atoms in total. The van der Waals surface area contributed by atoms with E-state index in [0.29, 0.717) is 47.8 Å². The maximum atomic E-state index is 12.7. The van der Waals surface area contributed by atoms with Gasteiger partial charge in [0.1, 0.15) is 6.61 Å². The number of primary amides is 1. The van der Waals surface area contributed by atoms with Crippen molar-refractivity contribution < 1.29 is 23.9 Å². The van der Waals surface area contributed by atoms with Crippen LogP contribution >= 0.6 is 11.6 Å². The van der Waals surface area contributed by atoms with Crippen LogP contribution in [0.2, 0.25) is 5.02 Å². The van der Waals surface area contributed by atoms with E-state index in [0.717, 1.165) is 0 Å². The standard InChI is InChI=1S/C25H29ClN4O5/c1-16(31)17-6-8-18(9-7-17)29-24(34)35-15-25(10-12-30(13-11-25)21(32)14-27)22(23(28)33)19-4-2-3-5-20(19)26/h2-9,22H,10-15,27H2,1H3,(H2,28,33)(H,29,34). The molecular weight excluding hydrogens is 472 g/mol. The highest BCUT2D eigenvalue weighted by molar-refractivity contribution is 6.31. The van der Waals surface area contributed by atoms with Gasteiger partial charge in [0.2, 0.25) is 11.8 Å². The summed E-state index contributed by atoms with van der Waals surface area (Å²) >= 11 is 6.42. The maximum absolute atomic E-state index is 12.7. The Labute approximate surface area is 208 Å². The van der Waals surface area contributed by atoms with Crippen LogP contribution in [-0.2, 0) is 14.3 Å². The highest BCUT2D eigenvalue weighted by atomic mass is 35.5. The summed E-state index contributed by atoms with van der Waals surface area (Å²) in [6.45, 7) is 1.89. The number of hydrogen-bond donors (Lipinski definition) is 3. The van der Waals surface area contributed by atoms with Crippen LogP contribution in [0.4, 0.5) is 10.5 Å². The Morgan fingerprint density at radius 1 is 1.09 bits per heavy atom. The number of nitrogens with two attached hydrogens (primary N) is 2. The Kier molecular flexibility index (Phi) is 8.48. The molecule has 3 rings (SSSR count). The SMILES string of the molecule is CC(=O)c1ccc(NC(=O)OCC2(C(C(N)=O)c3ccccc3Cl)CCN(C(=O)CN)CC2)cc1. The van der Waals surface area contributed by atoms with Crippen molar-refractivity contribution in [2.45, 2.75) is 25.7 Å². The fourth-order valence-corrected chi connectivity index (χ4v) is 4.74. The van der Waals surface area contributed by atoms with Gasteiger partial charge in [-0.25, -0.2) is 4.79 Å². The second kappa shape index (κ2) is 11.3. The number of benzene rings is 2. The van der Waals surface area contributed by atoms with Gasteiger partial charge in [-0.05, 0) is 55.7 Å². The molecule has 186 valence electrons. The second-order valence-electron chi connectivity index (χ2n) is 8.64. The molecular formula is C25H29ClN4O5. The van der Waals surface area contributed by atoms with Crippen LogP contribution in [0.25, 0.3) is 0 Å². The van der Waals surface area contributed by atoms with Gasteiger partial charge in [0, 0.05) is 34.8 Å². The van der Waals surface area contributed by atoms with Crippen LogP contribution in [0, 0.1) is 5.41 Å². The summed E-state index contributed by atoms with van der Waals surface area (Å²) in [4.78, 5) is 50.5. The molecule has 35 heavy (non-hydrogen) atoms. The summed E-state index contributed by atoms with van der Waals surface area (Å²) in [5, 5.41) is 3.01. The molecule has 1 saturated heterocycles. The van der Waals surface area contributed by atoms with Crippen molar-refractivity contribution in [2.75, 3.05) is 31.6 Å². The van der Waals surface area contributed by atoms with Gasteiger partial charge in [-0.1, -0.05) is 29.8 Å². The highest BCUT2D eigenvalue weighted by Crippen LogP contribution is 2.46. The Morgan fingerprint density at radius 3 is 2.26 bits per heavy atom. The number of Topliss-reactive ketones (excluding diaryl/α,β-unsaturated/α-hetero) is 1. The fraction of sp³-hybridized carbons (Fsp3) is 0.360. The lowest BCUT2D eigenvalue weighted by molar-refractivity contribution is -0.134. The number of nitrogens with zero attached hydrogens (tertiary/aromatic N) is 1. The van der Waals surface area contributed by atoms with Gasteiger partial charge in [-0.2, -0.15) is 0 Å². The van der Waals surface area contributed by atoms with Crippen molar-refractivity contribution in [3.8, 4) is 0 Å². The molecule has 0 aromatic heterocycles. The van der Waals surface area contributed by atoms with E-state index in [2.05, 4.69) is 5.32 Å². The fourth-order valence-electron chi connectivity index (χ4n) is 4.49. The minimum Gasteiger partial charge on any atom is -0.449 e. The molecule has 0 spiro atoms. The van der Waals surface area contributed by atoms with Crippen molar-refractivity contribution in [1.82, 2.24) is 4.90 Å². The van der Waals surface area contributed by atoms with E-state index in [4.69, 9.17) is 27.8 Å². The second-order valence-corrected chi connectivity index (χ2v) is 9.05. The first-order chi connectivity index (χ1) is 16.7. The van der Waals surface area contributed by atoms with Crippen molar-refractivity contribution in [1.29, 1.82) is 0 Å². The summed E-state index contributed by atoms with van der Waals surface area (Å²) in [6, 6.07) is 13.3. The maximum Gasteiger partial charge on any atom is 0.411 e. The molecule has 0 bridgehead atoms. The predicted octanol–water partition coefficient (Wildman–Crippen LogP) is 2.93. The third-order valence-electron chi connectivity index (χ3n) is 6.43. The lowest BCUT2D eigenvalue weighted by atomic mass is 9.66. The van der Waals surface area contributed by atoms with Gasteiger partial charge in [0.15, 0.2) is 5.78 Å². The lowest BCUT2D eigenvalue weighted by Crippen LogP contribution is -2.51. The molecule has 1 aliphatic rings. The molecule has 1 atom stereocenters. The Balaban J connectivity index is 1.82. The number of ketones is 1. The summed E-state index contributed by atoms with van der Waals surface area (Å²) in [5.74, 6) is -1.72. The number of hydrogen-bond acceptors (Lipinski definition) is 6. The van der Waals surface area contributed by atoms with Crippen LogP contribution < -0.4 is 16.8 Å². The number of piperidine rings is 1. The first kappa shape index (κ1) is 26.2. The summed E-state index contributed by atoms with van der Waals surface area (Å²) in [7, 11) is 0. The molecule has 0 saturated carbocycles. The van der Waals surface area contributed by atoms with E-state index in [9.17, 15) is 19.2 Å². The Hall–Kier alpha value is -3.43. The summed E-state index contributed by atoms with van der Waals surface area (Å²) in [6.07, 6.45) is -0.00107. The number of anilines is 1. The van der Waals surface area contributed by atoms with E-state index >= 15 is 0 Å². The molecule has 0 aliphatic carbocycles. The van der Waals surface area contributed by atoms with Gasteiger partial charge in [0.05, 0.1) is 12.5 Å². The molecule has 2 aromatic carbocycles. The van der Waals surface area contributed by atoms with E-state index < -0.39 is 23.3 Å². The number of ether oxygens (including phenoxy) is 1. The molecule has 10 heteroatoms. The number of nitrogens with one attached hydrogen (secondary N) is 1. The molecule has 2 aromatic rings. The lowest BCUT2D eigenvalue weighted by Gasteiger charge is -2.45. The molecule has 1 fully saturated rings.